The van der Waals surface area contributed by atoms with Crippen LogP contribution in [0.2, 0.25) is 0 Å². The van der Waals surface area contributed by atoms with E-state index in [4.69, 9.17) is 20.3 Å². The van der Waals surface area contributed by atoms with Crippen LogP contribution in [0.4, 0.5) is 0 Å². The van der Waals surface area contributed by atoms with E-state index in [1.807, 2.05) is 18.2 Å². The summed E-state index contributed by atoms with van der Waals surface area (Å²) < 4.78 is 11.4. The van der Waals surface area contributed by atoms with Gasteiger partial charge in [0.1, 0.15) is 12.4 Å². The van der Waals surface area contributed by atoms with E-state index in [-0.39, 0.29) is 12.5 Å². The lowest BCUT2D eigenvalue weighted by Crippen LogP contribution is -2.09. The standard InChI is InChI=1S/C27H31NO4/c1-3-7-25(28)22-10-6-9-21(15-22)24-13-19(17-31-2)12-20(14-24)18-32-26-11-5-4-8-23(26)16-27(29)30/h4-6,8-15,25H,3,7,16-18,28H2,1-2H3,(H,29,30)/t25-/m1/s1. The molecule has 168 valence electrons. The molecule has 0 saturated heterocycles. The fraction of sp³-hybridized carbons (Fsp3) is 0.296. The van der Waals surface area contributed by atoms with Crippen molar-refractivity contribution in [3.63, 3.8) is 0 Å². The molecule has 3 aromatic carbocycles. The third-order valence-electron chi connectivity index (χ3n) is 5.32. The third kappa shape index (κ3) is 6.42. The molecular formula is C27H31NO4. The maximum Gasteiger partial charge on any atom is 0.307 e. The SMILES string of the molecule is CCC[C@@H](N)c1cccc(-c2cc(COC)cc(COc3ccccc3CC(=O)O)c2)c1. The van der Waals surface area contributed by atoms with Gasteiger partial charge in [-0.2, -0.15) is 0 Å². The normalized spacial score (nSPS) is 11.8. The molecule has 0 saturated carbocycles. The van der Waals surface area contributed by atoms with Crippen molar-refractivity contribution < 1.29 is 19.4 Å². The summed E-state index contributed by atoms with van der Waals surface area (Å²) in [5.74, 6) is -0.298. The van der Waals surface area contributed by atoms with Crippen molar-refractivity contribution in [1.29, 1.82) is 0 Å². The lowest BCUT2D eigenvalue weighted by Gasteiger charge is -2.15. The van der Waals surface area contributed by atoms with E-state index in [1.54, 1.807) is 19.2 Å². The van der Waals surface area contributed by atoms with Crippen molar-refractivity contribution in [2.75, 3.05) is 7.11 Å². The van der Waals surface area contributed by atoms with Gasteiger partial charge in [-0.3, -0.25) is 4.79 Å². The molecule has 0 bridgehead atoms. The van der Waals surface area contributed by atoms with Crippen LogP contribution in [0.3, 0.4) is 0 Å². The molecule has 5 heteroatoms. The molecular weight excluding hydrogens is 402 g/mol. The van der Waals surface area contributed by atoms with Crippen LogP contribution in [0.1, 0.15) is 48.1 Å². The molecule has 0 amide bonds. The minimum Gasteiger partial charge on any atom is -0.489 e. The Bertz CT molecular complexity index is 1050. The van der Waals surface area contributed by atoms with Gasteiger partial charge in [0.05, 0.1) is 13.0 Å². The van der Waals surface area contributed by atoms with Crippen molar-refractivity contribution >= 4 is 5.97 Å². The number of ether oxygens (including phenoxy) is 2. The Hall–Kier alpha value is -3.15. The van der Waals surface area contributed by atoms with Crippen molar-refractivity contribution in [2.24, 2.45) is 5.73 Å². The summed E-state index contributed by atoms with van der Waals surface area (Å²) in [5, 5.41) is 9.15. The van der Waals surface area contributed by atoms with Crippen LogP contribution in [0.25, 0.3) is 11.1 Å². The van der Waals surface area contributed by atoms with Gasteiger partial charge >= 0.3 is 5.97 Å². The van der Waals surface area contributed by atoms with Crippen LogP contribution in [0.15, 0.2) is 66.7 Å². The van der Waals surface area contributed by atoms with Crippen LogP contribution in [0, 0.1) is 0 Å². The van der Waals surface area contributed by atoms with Gasteiger partial charge in [-0.1, -0.05) is 55.8 Å². The first kappa shape index (κ1) is 23.5. The van der Waals surface area contributed by atoms with Crippen LogP contribution in [-0.4, -0.2) is 18.2 Å². The second-order valence-electron chi connectivity index (χ2n) is 7.96. The molecule has 3 rings (SSSR count). The van der Waals surface area contributed by atoms with E-state index < -0.39 is 5.97 Å². The summed E-state index contributed by atoms with van der Waals surface area (Å²) in [6.07, 6.45) is 1.91. The molecule has 3 N–H and O–H groups in total. The quantitative estimate of drug-likeness (QED) is 0.417. The van der Waals surface area contributed by atoms with Gasteiger partial charge in [0.2, 0.25) is 0 Å². The Morgan fingerprint density at radius 2 is 1.72 bits per heavy atom. The molecule has 1 atom stereocenters. The van der Waals surface area contributed by atoms with Crippen LogP contribution in [0.5, 0.6) is 5.75 Å². The third-order valence-corrected chi connectivity index (χ3v) is 5.32. The first-order chi connectivity index (χ1) is 15.5. The number of para-hydroxylation sites is 1. The Morgan fingerprint density at radius 3 is 2.44 bits per heavy atom. The summed E-state index contributed by atoms with van der Waals surface area (Å²) in [5.41, 5.74) is 12.3. The fourth-order valence-electron chi connectivity index (χ4n) is 3.80. The molecule has 0 aliphatic rings. The van der Waals surface area contributed by atoms with Gasteiger partial charge in [0.25, 0.3) is 0 Å². The summed E-state index contributed by atoms with van der Waals surface area (Å²) in [4.78, 5) is 11.2. The highest BCUT2D eigenvalue weighted by molar-refractivity contribution is 5.71. The van der Waals surface area contributed by atoms with E-state index in [0.717, 1.165) is 40.7 Å². The zero-order valence-corrected chi connectivity index (χ0v) is 18.7. The highest BCUT2D eigenvalue weighted by Crippen LogP contribution is 2.28. The lowest BCUT2D eigenvalue weighted by molar-refractivity contribution is -0.136. The zero-order chi connectivity index (χ0) is 22.9. The number of hydrogen-bond acceptors (Lipinski definition) is 4. The highest BCUT2D eigenvalue weighted by atomic mass is 16.5. The van der Waals surface area contributed by atoms with E-state index in [1.165, 1.54) is 0 Å². The maximum absolute atomic E-state index is 11.2. The Morgan fingerprint density at radius 1 is 0.969 bits per heavy atom. The van der Waals surface area contributed by atoms with Crippen LogP contribution in [-0.2, 0) is 29.2 Å². The largest absolute Gasteiger partial charge is 0.489 e. The van der Waals surface area contributed by atoms with Gasteiger partial charge in [-0.05, 0) is 58.5 Å². The Labute approximate surface area is 189 Å². The monoisotopic (exact) mass is 433 g/mol. The number of aliphatic carboxylic acids is 1. The van der Waals surface area contributed by atoms with Crippen molar-refractivity contribution in [2.45, 2.75) is 45.4 Å². The van der Waals surface area contributed by atoms with E-state index in [0.29, 0.717) is 24.5 Å². The number of rotatable bonds is 11. The van der Waals surface area contributed by atoms with Crippen molar-refractivity contribution in [3.8, 4) is 16.9 Å². The summed E-state index contributed by atoms with van der Waals surface area (Å²) >= 11 is 0. The van der Waals surface area contributed by atoms with Gasteiger partial charge in [0, 0.05) is 18.7 Å². The number of carbonyl (C=O) groups is 1. The number of methoxy groups -OCH3 is 1. The van der Waals surface area contributed by atoms with Gasteiger partial charge in [-0.25, -0.2) is 0 Å². The molecule has 3 aromatic rings. The predicted octanol–water partition coefficient (Wildman–Crippen LogP) is 5.51. The zero-order valence-electron chi connectivity index (χ0n) is 18.7. The van der Waals surface area contributed by atoms with Crippen LogP contribution >= 0.6 is 0 Å². The number of benzene rings is 3. The highest BCUT2D eigenvalue weighted by Gasteiger charge is 2.11. The van der Waals surface area contributed by atoms with Crippen molar-refractivity contribution in [1.82, 2.24) is 0 Å². The number of nitrogens with two attached hydrogens (primary N) is 1. The molecule has 0 unspecified atom stereocenters. The van der Waals surface area contributed by atoms with Crippen LogP contribution < -0.4 is 10.5 Å². The topological polar surface area (TPSA) is 81.8 Å². The Kier molecular flexibility index (Phi) is 8.42. The minimum atomic E-state index is -0.883. The molecule has 0 aliphatic heterocycles. The van der Waals surface area contributed by atoms with E-state index in [2.05, 4.69) is 43.3 Å². The van der Waals surface area contributed by atoms with Gasteiger partial charge in [-0.15, -0.1) is 0 Å². The molecule has 0 spiro atoms. The minimum absolute atomic E-state index is 0.0237. The molecule has 32 heavy (non-hydrogen) atoms. The lowest BCUT2D eigenvalue weighted by atomic mass is 9.95. The second kappa shape index (κ2) is 11.5. The molecule has 0 aliphatic carbocycles. The van der Waals surface area contributed by atoms with Crippen molar-refractivity contribution in [3.05, 3.63) is 89.0 Å². The smallest absolute Gasteiger partial charge is 0.307 e. The summed E-state index contributed by atoms with van der Waals surface area (Å²) in [7, 11) is 1.68. The number of carboxylic acids is 1. The first-order valence-electron chi connectivity index (χ1n) is 10.9. The van der Waals surface area contributed by atoms with Gasteiger partial charge < -0.3 is 20.3 Å². The number of carboxylic acid groups (broad SMARTS) is 1. The Balaban J connectivity index is 1.88. The van der Waals surface area contributed by atoms with E-state index >= 15 is 0 Å². The molecule has 5 nitrogen and oxygen atoms in total. The average molecular weight is 434 g/mol. The fourth-order valence-corrected chi connectivity index (χ4v) is 3.80. The first-order valence-corrected chi connectivity index (χ1v) is 10.9. The number of hydrogen-bond donors (Lipinski definition) is 2. The maximum atomic E-state index is 11.2. The predicted molar refractivity (Wildman–Crippen MR) is 127 cm³/mol. The van der Waals surface area contributed by atoms with E-state index in [9.17, 15) is 4.79 Å². The average Bonchev–Trinajstić information content (AvgIpc) is 2.78. The second-order valence-corrected chi connectivity index (χ2v) is 7.96. The molecule has 0 aromatic heterocycles. The van der Waals surface area contributed by atoms with Gasteiger partial charge in [0.15, 0.2) is 0 Å². The summed E-state index contributed by atoms with van der Waals surface area (Å²) in [6.45, 7) is 2.96. The summed E-state index contributed by atoms with van der Waals surface area (Å²) in [6, 6.07) is 21.9. The molecule has 0 heterocycles. The molecule has 0 radical (unpaired) electrons. The molecule has 0 fully saturated rings.